The summed E-state index contributed by atoms with van der Waals surface area (Å²) in [6.45, 7) is 7.03. The van der Waals surface area contributed by atoms with E-state index in [9.17, 15) is 9.59 Å². The van der Waals surface area contributed by atoms with Gasteiger partial charge in [-0.1, -0.05) is 18.9 Å². The Bertz CT molecular complexity index is 1000. The molecule has 0 aliphatic heterocycles. The molecule has 2 aromatic rings. The predicted molar refractivity (Wildman–Crippen MR) is 147 cm³/mol. The molecular weight excluding hydrogens is 488 g/mol. The number of methoxy groups -OCH3 is 2. The Hall–Kier alpha value is -2.58. The highest BCUT2D eigenvalue weighted by molar-refractivity contribution is 7.11. The van der Waals surface area contributed by atoms with Crippen molar-refractivity contribution in [3.05, 3.63) is 45.6 Å². The number of rotatable bonds is 15. The minimum Gasteiger partial charge on any atom is -0.493 e. The summed E-state index contributed by atoms with van der Waals surface area (Å²) < 4.78 is 16.3. The molecule has 0 radical (unpaired) electrons. The predicted octanol–water partition coefficient (Wildman–Crippen LogP) is 5.09. The van der Waals surface area contributed by atoms with Gasteiger partial charge in [-0.05, 0) is 69.4 Å². The van der Waals surface area contributed by atoms with Crippen LogP contribution in [0.5, 0.6) is 11.5 Å². The van der Waals surface area contributed by atoms with Gasteiger partial charge in [-0.3, -0.25) is 9.59 Å². The van der Waals surface area contributed by atoms with Crippen molar-refractivity contribution >= 4 is 23.2 Å². The van der Waals surface area contributed by atoms with Crippen molar-refractivity contribution < 1.29 is 23.8 Å². The van der Waals surface area contributed by atoms with Crippen molar-refractivity contribution in [1.82, 2.24) is 9.80 Å². The Morgan fingerprint density at radius 3 is 2.41 bits per heavy atom. The molecule has 1 heterocycles. The Morgan fingerprint density at radius 2 is 1.76 bits per heavy atom. The first-order valence-corrected chi connectivity index (χ1v) is 14.2. The van der Waals surface area contributed by atoms with E-state index in [0.29, 0.717) is 50.8 Å². The number of nitrogens with zero attached hydrogens (tertiary/aromatic N) is 2. The van der Waals surface area contributed by atoms with Gasteiger partial charge in [0.25, 0.3) is 0 Å². The summed E-state index contributed by atoms with van der Waals surface area (Å²) in [4.78, 5) is 33.0. The van der Waals surface area contributed by atoms with Crippen LogP contribution in [-0.4, -0.2) is 68.7 Å². The van der Waals surface area contributed by atoms with Crippen molar-refractivity contribution in [3.8, 4) is 11.5 Å². The zero-order chi connectivity index (χ0) is 26.6. The van der Waals surface area contributed by atoms with Gasteiger partial charge in [0.05, 0.1) is 27.3 Å². The molecule has 1 fully saturated rings. The van der Waals surface area contributed by atoms with E-state index in [-0.39, 0.29) is 24.3 Å². The van der Waals surface area contributed by atoms with Crippen LogP contribution in [0.25, 0.3) is 0 Å². The number of ether oxygens (including phenoxy) is 3. The Kier molecular flexibility index (Phi) is 11.7. The average Bonchev–Trinajstić information content (AvgIpc) is 3.59. The molecule has 0 saturated heterocycles. The number of thiophene rings is 1. The first-order chi connectivity index (χ1) is 17.9. The molecule has 1 aliphatic rings. The first-order valence-electron chi connectivity index (χ1n) is 13.4. The lowest BCUT2D eigenvalue weighted by Crippen LogP contribution is -2.45. The number of hydrogen-bond donors (Lipinski definition) is 0. The maximum atomic E-state index is 13.7. The van der Waals surface area contributed by atoms with Crippen LogP contribution >= 0.6 is 11.3 Å². The highest BCUT2D eigenvalue weighted by atomic mass is 32.1. The molecule has 0 bridgehead atoms. The zero-order valence-electron chi connectivity index (χ0n) is 22.8. The summed E-state index contributed by atoms with van der Waals surface area (Å²) in [5.41, 5.74) is 1.06. The van der Waals surface area contributed by atoms with Crippen LogP contribution in [0.2, 0.25) is 0 Å². The van der Waals surface area contributed by atoms with E-state index >= 15 is 0 Å². The first kappa shape index (κ1) is 29.0. The Morgan fingerprint density at radius 1 is 1.00 bits per heavy atom. The highest BCUT2D eigenvalue weighted by Crippen LogP contribution is 2.29. The van der Waals surface area contributed by atoms with E-state index in [2.05, 4.69) is 19.1 Å². The van der Waals surface area contributed by atoms with Crippen molar-refractivity contribution in [2.24, 2.45) is 5.92 Å². The SMILES string of the molecule is CCOCCCN(CC(=O)N(CCc1ccc(OC)c(OC)c1)Cc1ccc(C)s1)C(=O)C1CCCC1. The van der Waals surface area contributed by atoms with E-state index < -0.39 is 0 Å². The van der Waals surface area contributed by atoms with Crippen molar-refractivity contribution in [3.63, 3.8) is 0 Å². The third kappa shape index (κ3) is 8.75. The van der Waals surface area contributed by atoms with Gasteiger partial charge in [0.1, 0.15) is 0 Å². The summed E-state index contributed by atoms with van der Waals surface area (Å²) in [6.07, 6.45) is 5.43. The molecule has 1 aliphatic carbocycles. The van der Waals surface area contributed by atoms with Crippen LogP contribution in [0.4, 0.5) is 0 Å². The third-order valence-electron chi connectivity index (χ3n) is 6.88. The smallest absolute Gasteiger partial charge is 0.242 e. The topological polar surface area (TPSA) is 68.3 Å². The van der Waals surface area contributed by atoms with Crippen molar-refractivity contribution in [2.45, 2.75) is 58.9 Å². The summed E-state index contributed by atoms with van der Waals surface area (Å²) in [5.74, 6) is 1.50. The third-order valence-corrected chi connectivity index (χ3v) is 7.86. The van der Waals surface area contributed by atoms with E-state index in [1.165, 1.54) is 4.88 Å². The minimum atomic E-state index is -0.0192. The van der Waals surface area contributed by atoms with E-state index in [0.717, 1.165) is 42.5 Å². The second kappa shape index (κ2) is 15.0. The van der Waals surface area contributed by atoms with E-state index in [1.807, 2.05) is 30.0 Å². The maximum absolute atomic E-state index is 13.7. The molecule has 1 saturated carbocycles. The van der Waals surface area contributed by atoms with Gasteiger partial charge in [0, 0.05) is 42.0 Å². The molecule has 37 heavy (non-hydrogen) atoms. The second-order valence-electron chi connectivity index (χ2n) is 9.56. The average molecular weight is 531 g/mol. The molecule has 2 amide bonds. The summed E-state index contributed by atoms with van der Waals surface area (Å²) in [5, 5.41) is 0. The molecule has 0 N–H and O–H groups in total. The zero-order valence-corrected chi connectivity index (χ0v) is 23.6. The fraction of sp³-hybridized carbons (Fsp3) is 0.586. The summed E-state index contributed by atoms with van der Waals surface area (Å²) >= 11 is 1.70. The van der Waals surface area contributed by atoms with Crippen LogP contribution < -0.4 is 9.47 Å². The highest BCUT2D eigenvalue weighted by Gasteiger charge is 2.29. The van der Waals surface area contributed by atoms with Gasteiger partial charge < -0.3 is 24.0 Å². The largest absolute Gasteiger partial charge is 0.493 e. The molecule has 0 unspecified atom stereocenters. The van der Waals surface area contributed by atoms with Crippen molar-refractivity contribution in [2.75, 3.05) is 47.1 Å². The molecule has 1 aromatic carbocycles. The number of carbonyl (C=O) groups excluding carboxylic acids is 2. The quantitative estimate of drug-likeness (QED) is 0.300. The van der Waals surface area contributed by atoms with E-state index in [1.54, 1.807) is 30.5 Å². The Labute approximate surface area is 225 Å². The molecular formula is C29H42N2O5S. The lowest BCUT2D eigenvalue weighted by atomic mass is 10.1. The van der Waals surface area contributed by atoms with Gasteiger partial charge in [0.15, 0.2) is 11.5 Å². The summed E-state index contributed by atoms with van der Waals surface area (Å²) in [6, 6.07) is 10.0. The maximum Gasteiger partial charge on any atom is 0.242 e. The fourth-order valence-electron chi connectivity index (χ4n) is 4.81. The number of amides is 2. The minimum absolute atomic E-state index is 0.0192. The molecule has 204 valence electrons. The molecule has 8 heteroatoms. The molecule has 3 rings (SSSR count). The van der Waals surface area contributed by atoms with Crippen LogP contribution in [0, 0.1) is 12.8 Å². The molecule has 1 aromatic heterocycles. The van der Waals surface area contributed by atoms with Crippen LogP contribution in [0.3, 0.4) is 0 Å². The van der Waals surface area contributed by atoms with Gasteiger partial charge >= 0.3 is 0 Å². The lowest BCUT2D eigenvalue weighted by molar-refractivity contribution is -0.143. The number of hydrogen-bond acceptors (Lipinski definition) is 6. The lowest BCUT2D eigenvalue weighted by Gasteiger charge is -2.29. The molecule has 0 spiro atoms. The van der Waals surface area contributed by atoms with Crippen LogP contribution in [0.15, 0.2) is 30.3 Å². The number of benzene rings is 1. The van der Waals surface area contributed by atoms with E-state index in [4.69, 9.17) is 14.2 Å². The number of carbonyl (C=O) groups is 2. The second-order valence-corrected chi connectivity index (χ2v) is 10.9. The van der Waals surface area contributed by atoms with Crippen LogP contribution in [0.1, 0.15) is 54.3 Å². The van der Waals surface area contributed by atoms with Gasteiger partial charge in [-0.25, -0.2) is 0 Å². The van der Waals surface area contributed by atoms with Crippen LogP contribution in [-0.2, 0) is 27.3 Å². The normalized spacial score (nSPS) is 13.5. The van der Waals surface area contributed by atoms with Gasteiger partial charge in [-0.2, -0.15) is 0 Å². The van der Waals surface area contributed by atoms with Gasteiger partial charge in [-0.15, -0.1) is 11.3 Å². The Balaban J connectivity index is 1.73. The molecule has 7 nitrogen and oxygen atoms in total. The summed E-state index contributed by atoms with van der Waals surface area (Å²) in [7, 11) is 3.24. The van der Waals surface area contributed by atoms with Crippen molar-refractivity contribution in [1.29, 1.82) is 0 Å². The number of aryl methyl sites for hydroxylation is 1. The molecule has 0 atom stereocenters. The van der Waals surface area contributed by atoms with Gasteiger partial charge in [0.2, 0.25) is 11.8 Å². The fourth-order valence-corrected chi connectivity index (χ4v) is 5.72. The monoisotopic (exact) mass is 530 g/mol. The standard InChI is InChI=1S/C29H42N2O5S/c1-5-36-18-8-16-31(29(33)24-9-6-7-10-24)21-28(32)30(20-25-13-11-22(2)37-25)17-15-23-12-14-26(34-3)27(19-23)35-4/h11-14,19,24H,5-10,15-18,20-21H2,1-4H3.